The third-order valence-electron chi connectivity index (χ3n) is 11.2. The monoisotopic (exact) mass is 713 g/mol. The Hall–Kier alpha value is -1.96. The fourth-order valence-corrected chi connectivity index (χ4v) is 41.2. The van der Waals surface area contributed by atoms with E-state index >= 15 is 0 Å². The second-order valence-corrected chi connectivity index (χ2v) is 56.6. The van der Waals surface area contributed by atoms with Gasteiger partial charge in [0.25, 0.3) is 0 Å². The van der Waals surface area contributed by atoms with Gasteiger partial charge in [0, 0.05) is 0 Å². The normalized spacial score (nSPS) is 18.5. The number of benzene rings is 4. The Morgan fingerprint density at radius 3 is 1.20 bits per heavy atom. The van der Waals surface area contributed by atoms with Crippen LogP contribution in [0.3, 0.4) is 0 Å². The van der Waals surface area contributed by atoms with E-state index in [1.807, 2.05) is 0 Å². The van der Waals surface area contributed by atoms with E-state index in [-0.39, 0.29) is 7.25 Å². The van der Waals surface area contributed by atoms with Crippen molar-refractivity contribution in [3.05, 3.63) is 127 Å². The predicted molar refractivity (Wildman–Crippen MR) is 196 cm³/mol. The van der Waals surface area contributed by atoms with E-state index in [1.165, 1.54) is 89.0 Å². The maximum atomic E-state index is 8.48. The van der Waals surface area contributed by atoms with E-state index in [1.54, 1.807) is 0 Å². The zero-order chi connectivity index (χ0) is 31.9. The van der Waals surface area contributed by atoms with Gasteiger partial charge in [-0.05, 0) is 0 Å². The Balaban J connectivity index is 1.54. The first-order valence-electron chi connectivity index (χ1n) is 16.0. The SMILES string of the molecule is CC1=Cc2c(-c3cc(C)c(C)c(C)c3)cccc2[CH]1[Zr]([Cl])([Cl])([CH]1C(C)=Cc2c(-c3cc(C)c(C)c(C)c3)cccc21)[SiH](C)C. The quantitative estimate of drug-likeness (QED) is 0.181. The zero-order valence-electron chi connectivity index (χ0n) is 27.9. The summed E-state index contributed by atoms with van der Waals surface area (Å²) in [5, 5.41) is 0. The average Bonchev–Trinajstić information content (AvgIpc) is 3.50. The van der Waals surface area contributed by atoms with Gasteiger partial charge < -0.3 is 0 Å². The molecule has 44 heavy (non-hydrogen) atoms. The molecule has 0 saturated heterocycles. The van der Waals surface area contributed by atoms with Gasteiger partial charge in [0.2, 0.25) is 0 Å². The number of hydrogen-bond acceptors (Lipinski definition) is 0. The van der Waals surface area contributed by atoms with E-state index in [0.29, 0.717) is 0 Å². The number of allylic oxidation sites excluding steroid dienone is 2. The topological polar surface area (TPSA) is 0 Å². The van der Waals surface area contributed by atoms with Crippen molar-refractivity contribution in [2.45, 2.75) is 75.7 Å². The first-order chi connectivity index (χ1) is 20.6. The van der Waals surface area contributed by atoms with Crippen LogP contribution in [0.5, 0.6) is 0 Å². The van der Waals surface area contributed by atoms with Gasteiger partial charge >= 0.3 is 276 Å². The summed E-state index contributed by atoms with van der Waals surface area (Å²) in [7, 11) is 17.0. The number of rotatable bonds is 5. The van der Waals surface area contributed by atoms with Gasteiger partial charge in [0.15, 0.2) is 0 Å². The van der Waals surface area contributed by atoms with E-state index in [0.717, 1.165) is 0 Å². The van der Waals surface area contributed by atoms with E-state index in [4.69, 9.17) is 17.0 Å². The molecule has 0 N–H and O–H groups in total. The van der Waals surface area contributed by atoms with Gasteiger partial charge in [-0.1, -0.05) is 0 Å². The molecule has 0 fully saturated rings. The minimum atomic E-state index is -4.72. The number of fused-ring (bicyclic) bond motifs is 2. The van der Waals surface area contributed by atoms with Crippen molar-refractivity contribution in [2.75, 3.05) is 0 Å². The summed E-state index contributed by atoms with van der Waals surface area (Å²) in [6.45, 7) is 22.7. The summed E-state index contributed by atoms with van der Waals surface area (Å²) in [5.74, 6) is -1.58. The first-order valence-corrected chi connectivity index (χ1v) is 32.3. The molecule has 2 atom stereocenters. The summed E-state index contributed by atoms with van der Waals surface area (Å²) in [4.78, 5) is 0. The van der Waals surface area contributed by atoms with Crippen molar-refractivity contribution in [1.82, 2.24) is 0 Å². The van der Waals surface area contributed by atoms with Crippen LogP contribution in [0.1, 0.15) is 76.7 Å². The van der Waals surface area contributed by atoms with Gasteiger partial charge in [0.05, 0.1) is 0 Å². The van der Waals surface area contributed by atoms with Gasteiger partial charge in [-0.25, -0.2) is 0 Å². The molecular weight excluding hydrogens is 671 g/mol. The van der Waals surface area contributed by atoms with Crippen molar-refractivity contribution in [1.29, 1.82) is 0 Å². The molecule has 0 radical (unpaired) electrons. The zero-order valence-corrected chi connectivity index (χ0v) is 33.0. The summed E-state index contributed by atoms with van der Waals surface area (Å²) in [5.41, 5.74) is 21.2. The molecule has 2 unspecified atom stereocenters. The van der Waals surface area contributed by atoms with Crippen LogP contribution in [0.25, 0.3) is 34.4 Å². The van der Waals surface area contributed by atoms with Crippen molar-refractivity contribution >= 4 is 35.1 Å². The first kappa shape index (κ1) is 32.0. The van der Waals surface area contributed by atoms with Gasteiger partial charge in [-0.15, -0.1) is 0 Å². The van der Waals surface area contributed by atoms with Gasteiger partial charge in [0.1, 0.15) is 0 Å². The Kier molecular flexibility index (Phi) is 8.06. The van der Waals surface area contributed by atoms with Crippen molar-refractivity contribution in [2.24, 2.45) is 0 Å². The van der Waals surface area contributed by atoms with E-state index in [9.17, 15) is 0 Å². The number of aryl methyl sites for hydroxylation is 4. The molecule has 0 spiro atoms. The van der Waals surface area contributed by atoms with Crippen LogP contribution >= 0.6 is 17.0 Å². The van der Waals surface area contributed by atoms with Crippen LogP contribution in [0.2, 0.25) is 13.1 Å². The molecule has 0 amide bonds. The molecule has 0 aliphatic heterocycles. The molecule has 0 saturated carbocycles. The molecule has 0 bridgehead atoms. The van der Waals surface area contributed by atoms with Crippen LogP contribution in [0, 0.1) is 41.5 Å². The maximum absolute atomic E-state index is 8.48. The molecule has 4 aromatic carbocycles. The third kappa shape index (κ3) is 4.69. The molecule has 4 aromatic rings. The fraction of sp³-hybridized carbons (Fsp3) is 0.300. The van der Waals surface area contributed by atoms with Gasteiger partial charge in [-0.3, -0.25) is 0 Å². The molecule has 2 aliphatic rings. The molecule has 2 aliphatic carbocycles. The van der Waals surface area contributed by atoms with Crippen molar-refractivity contribution < 1.29 is 15.6 Å². The number of halogens is 2. The predicted octanol–water partition coefficient (Wildman–Crippen LogP) is 12.5. The van der Waals surface area contributed by atoms with Crippen LogP contribution in [-0.2, 0) is 15.6 Å². The molecular formula is C40H45Cl2SiZr. The van der Waals surface area contributed by atoms with Crippen LogP contribution in [-0.4, -0.2) is 5.92 Å². The standard InChI is InChI=1S/2C19H19.C2H7Si.2ClH.Zr/c2*1-12-8-16-6-5-7-18(19(16)9-12)17-10-13(2)15(4)14(3)11-17;1-3-2;;;/h2*5-11H,1-4H3;3H,1-2H3;2*1H;/q;;;;;+2/p-2. The third-order valence-corrected chi connectivity index (χ3v) is 63.5. The Bertz CT molecular complexity index is 1750. The van der Waals surface area contributed by atoms with E-state index in [2.05, 4.69) is 141 Å². The minimum absolute atomic E-state index is 0.0980. The molecule has 4 heteroatoms. The van der Waals surface area contributed by atoms with E-state index < -0.39 is 21.5 Å². The number of hydrogen-bond donors (Lipinski definition) is 0. The summed E-state index contributed by atoms with van der Waals surface area (Å²) >= 11 is -4.72. The molecule has 0 heterocycles. The van der Waals surface area contributed by atoms with Crippen LogP contribution in [0.15, 0.2) is 71.8 Å². The van der Waals surface area contributed by atoms with Crippen LogP contribution < -0.4 is 0 Å². The molecule has 227 valence electrons. The second-order valence-electron chi connectivity index (χ2n) is 14.1. The molecule has 6 rings (SSSR count). The van der Waals surface area contributed by atoms with Crippen LogP contribution in [0.4, 0.5) is 0 Å². The summed E-state index contributed by atoms with van der Waals surface area (Å²) < 4.78 is 0.196. The molecule has 0 nitrogen and oxygen atoms in total. The Labute approximate surface area is 274 Å². The second kappa shape index (κ2) is 11.1. The van der Waals surface area contributed by atoms with Gasteiger partial charge in [-0.2, -0.15) is 0 Å². The molecule has 0 aromatic heterocycles. The van der Waals surface area contributed by atoms with Crippen molar-refractivity contribution in [3.8, 4) is 22.3 Å². The average molecular weight is 716 g/mol. The fourth-order valence-electron chi connectivity index (χ4n) is 8.29. The Morgan fingerprint density at radius 1 is 0.545 bits per heavy atom. The summed E-state index contributed by atoms with van der Waals surface area (Å²) in [6.07, 6.45) is 4.83. The Morgan fingerprint density at radius 2 is 0.886 bits per heavy atom. The summed E-state index contributed by atoms with van der Waals surface area (Å²) in [6, 6.07) is 23.0. The van der Waals surface area contributed by atoms with Crippen molar-refractivity contribution in [3.63, 3.8) is 0 Å².